The first kappa shape index (κ1) is 11.0. The lowest BCUT2D eigenvalue weighted by atomic mass is 10.2. The summed E-state index contributed by atoms with van der Waals surface area (Å²) in [6.07, 6.45) is 5.35. The molecule has 1 fully saturated rings. The van der Waals surface area contributed by atoms with Crippen molar-refractivity contribution in [3.63, 3.8) is 0 Å². The first-order valence-electron chi connectivity index (χ1n) is 5.62. The van der Waals surface area contributed by atoms with E-state index in [2.05, 4.69) is 16.8 Å². The monoisotopic (exact) mass is 226 g/mol. The molecule has 1 saturated heterocycles. The van der Waals surface area contributed by atoms with Crippen molar-refractivity contribution in [2.45, 2.75) is 38.8 Å². The molecule has 84 valence electrons. The lowest BCUT2D eigenvalue weighted by molar-refractivity contribution is 0.154. The van der Waals surface area contributed by atoms with Crippen molar-refractivity contribution in [1.29, 1.82) is 0 Å². The van der Waals surface area contributed by atoms with Gasteiger partial charge in [-0.3, -0.25) is 4.90 Å². The van der Waals surface area contributed by atoms with E-state index in [0.717, 1.165) is 25.9 Å². The van der Waals surface area contributed by atoms with E-state index in [1.54, 1.807) is 11.3 Å². The third-order valence-corrected chi connectivity index (χ3v) is 4.10. The summed E-state index contributed by atoms with van der Waals surface area (Å²) in [6, 6.07) is 0.372. The summed E-state index contributed by atoms with van der Waals surface area (Å²) >= 11 is 1.80. The molecular formula is C11H18N2OS. The Kier molecular flexibility index (Phi) is 3.72. The minimum absolute atomic E-state index is 0.291. The number of likely N-dealkylation sites (tertiary alicyclic amines) is 1. The summed E-state index contributed by atoms with van der Waals surface area (Å²) in [6.45, 7) is 4.50. The van der Waals surface area contributed by atoms with E-state index in [0.29, 0.717) is 12.6 Å². The van der Waals surface area contributed by atoms with Gasteiger partial charge in [0.2, 0.25) is 0 Å². The predicted octanol–water partition coefficient (Wildman–Crippen LogP) is 1.66. The molecule has 0 spiro atoms. The van der Waals surface area contributed by atoms with Crippen molar-refractivity contribution in [3.8, 4) is 0 Å². The minimum atomic E-state index is 0.291. The van der Waals surface area contributed by atoms with Crippen LogP contribution in [0.1, 0.15) is 29.7 Å². The van der Waals surface area contributed by atoms with E-state index in [1.165, 1.54) is 16.3 Å². The number of aliphatic hydroxyl groups excluding tert-OH is 1. The number of rotatable bonds is 4. The second kappa shape index (κ2) is 5.05. The van der Waals surface area contributed by atoms with Crippen molar-refractivity contribution in [1.82, 2.24) is 9.88 Å². The standard InChI is InChI=1S/C11H18N2OS/c1-2-11-12-6-10(15-11)7-13-5-3-4-9(13)8-14/h6,9,14H,2-5,7-8H2,1H3/t9-/m0/s1. The molecule has 0 aromatic carbocycles. The molecule has 15 heavy (non-hydrogen) atoms. The number of aliphatic hydroxyl groups is 1. The van der Waals surface area contributed by atoms with Gasteiger partial charge in [-0.1, -0.05) is 6.92 Å². The van der Waals surface area contributed by atoms with Crippen LogP contribution in [0.15, 0.2) is 6.20 Å². The van der Waals surface area contributed by atoms with E-state index >= 15 is 0 Å². The summed E-state index contributed by atoms with van der Waals surface area (Å²) in [5.74, 6) is 0. The molecule has 1 aliphatic heterocycles. The van der Waals surface area contributed by atoms with Crippen LogP contribution in [0.5, 0.6) is 0 Å². The molecular weight excluding hydrogens is 208 g/mol. The van der Waals surface area contributed by atoms with Crippen molar-refractivity contribution in [2.24, 2.45) is 0 Å². The normalized spacial score (nSPS) is 22.4. The Bertz CT molecular complexity index is 313. The van der Waals surface area contributed by atoms with Gasteiger partial charge < -0.3 is 5.11 Å². The number of aromatic nitrogens is 1. The molecule has 1 aromatic heterocycles. The van der Waals surface area contributed by atoms with Crippen LogP contribution >= 0.6 is 11.3 Å². The predicted molar refractivity (Wildman–Crippen MR) is 62.0 cm³/mol. The van der Waals surface area contributed by atoms with Gasteiger partial charge in [-0.2, -0.15) is 0 Å². The molecule has 0 unspecified atom stereocenters. The maximum absolute atomic E-state index is 9.21. The Morgan fingerprint density at radius 1 is 1.67 bits per heavy atom. The Hall–Kier alpha value is -0.450. The molecule has 1 aliphatic rings. The van der Waals surface area contributed by atoms with Gasteiger partial charge in [0, 0.05) is 23.7 Å². The molecule has 1 aromatic rings. The van der Waals surface area contributed by atoms with Crippen molar-refractivity contribution in [3.05, 3.63) is 16.1 Å². The maximum Gasteiger partial charge on any atom is 0.0925 e. The van der Waals surface area contributed by atoms with Gasteiger partial charge in [0.25, 0.3) is 0 Å². The van der Waals surface area contributed by atoms with Gasteiger partial charge in [0.1, 0.15) is 0 Å². The highest BCUT2D eigenvalue weighted by Crippen LogP contribution is 2.22. The molecule has 0 bridgehead atoms. The summed E-state index contributed by atoms with van der Waals surface area (Å²) in [4.78, 5) is 8.05. The van der Waals surface area contributed by atoms with Crippen LogP contribution in [-0.2, 0) is 13.0 Å². The largest absolute Gasteiger partial charge is 0.395 e. The van der Waals surface area contributed by atoms with Gasteiger partial charge in [-0.05, 0) is 25.8 Å². The maximum atomic E-state index is 9.21. The minimum Gasteiger partial charge on any atom is -0.395 e. The Balaban J connectivity index is 1.95. The fourth-order valence-electron chi connectivity index (χ4n) is 2.09. The number of nitrogens with zero attached hydrogens (tertiary/aromatic N) is 2. The van der Waals surface area contributed by atoms with Gasteiger partial charge >= 0.3 is 0 Å². The first-order valence-corrected chi connectivity index (χ1v) is 6.43. The van der Waals surface area contributed by atoms with Crippen molar-refractivity contribution < 1.29 is 5.11 Å². The molecule has 0 radical (unpaired) electrons. The SMILES string of the molecule is CCc1ncc(CN2CCC[C@H]2CO)s1. The molecule has 2 rings (SSSR count). The third kappa shape index (κ3) is 2.56. The fourth-order valence-corrected chi connectivity index (χ4v) is 2.98. The zero-order valence-corrected chi connectivity index (χ0v) is 9.96. The Morgan fingerprint density at radius 3 is 3.20 bits per heavy atom. The summed E-state index contributed by atoms with van der Waals surface area (Å²) < 4.78 is 0. The number of thiazole rings is 1. The van der Waals surface area contributed by atoms with Crippen LogP contribution in [0.3, 0.4) is 0 Å². The van der Waals surface area contributed by atoms with Crippen molar-refractivity contribution in [2.75, 3.05) is 13.2 Å². The molecule has 4 heteroatoms. The lowest BCUT2D eigenvalue weighted by Crippen LogP contribution is -2.31. The van der Waals surface area contributed by atoms with E-state index in [9.17, 15) is 5.11 Å². The highest BCUT2D eigenvalue weighted by Gasteiger charge is 2.23. The van der Waals surface area contributed by atoms with E-state index in [4.69, 9.17) is 0 Å². The average Bonchev–Trinajstić information content (AvgIpc) is 2.87. The van der Waals surface area contributed by atoms with E-state index < -0.39 is 0 Å². The van der Waals surface area contributed by atoms with Crippen molar-refractivity contribution >= 4 is 11.3 Å². The van der Waals surface area contributed by atoms with Crippen LogP contribution in [0.25, 0.3) is 0 Å². The zero-order chi connectivity index (χ0) is 10.7. The molecule has 1 atom stereocenters. The van der Waals surface area contributed by atoms with Crippen LogP contribution in [-0.4, -0.2) is 34.2 Å². The molecule has 0 aliphatic carbocycles. The Morgan fingerprint density at radius 2 is 2.53 bits per heavy atom. The summed E-state index contributed by atoms with van der Waals surface area (Å²) in [5, 5.41) is 10.4. The molecule has 1 N–H and O–H groups in total. The quantitative estimate of drug-likeness (QED) is 0.848. The van der Waals surface area contributed by atoms with Crippen LogP contribution in [0.2, 0.25) is 0 Å². The highest BCUT2D eigenvalue weighted by atomic mass is 32.1. The smallest absolute Gasteiger partial charge is 0.0925 e. The van der Waals surface area contributed by atoms with Gasteiger partial charge in [-0.15, -0.1) is 11.3 Å². The molecule has 0 amide bonds. The van der Waals surface area contributed by atoms with Gasteiger partial charge in [0.15, 0.2) is 0 Å². The fraction of sp³-hybridized carbons (Fsp3) is 0.727. The van der Waals surface area contributed by atoms with Crippen LogP contribution in [0.4, 0.5) is 0 Å². The van der Waals surface area contributed by atoms with Gasteiger partial charge in [0.05, 0.1) is 11.6 Å². The van der Waals surface area contributed by atoms with E-state index in [-0.39, 0.29) is 0 Å². The lowest BCUT2D eigenvalue weighted by Gasteiger charge is -2.21. The number of aryl methyl sites for hydroxylation is 1. The van der Waals surface area contributed by atoms with Crippen LogP contribution in [0, 0.1) is 0 Å². The second-order valence-corrected chi connectivity index (χ2v) is 5.22. The summed E-state index contributed by atoms with van der Waals surface area (Å²) in [5.41, 5.74) is 0. The summed E-state index contributed by atoms with van der Waals surface area (Å²) in [7, 11) is 0. The number of hydrogen-bond donors (Lipinski definition) is 1. The topological polar surface area (TPSA) is 36.4 Å². The second-order valence-electron chi connectivity index (χ2n) is 4.02. The Labute approximate surface area is 94.8 Å². The highest BCUT2D eigenvalue weighted by molar-refractivity contribution is 7.11. The third-order valence-electron chi connectivity index (χ3n) is 2.97. The van der Waals surface area contributed by atoms with Crippen LogP contribution < -0.4 is 0 Å². The number of hydrogen-bond acceptors (Lipinski definition) is 4. The van der Waals surface area contributed by atoms with E-state index in [1.807, 2.05) is 6.20 Å². The molecule has 3 nitrogen and oxygen atoms in total. The molecule has 0 saturated carbocycles. The zero-order valence-electron chi connectivity index (χ0n) is 9.15. The average molecular weight is 226 g/mol. The van der Waals surface area contributed by atoms with Gasteiger partial charge in [-0.25, -0.2) is 4.98 Å². The molecule has 2 heterocycles. The first-order chi connectivity index (χ1) is 7.33.